The number of nitrogens with one attached hydrogen (secondary N) is 2. The molecule has 214 valence electrons. The molecule has 0 fully saturated rings. The van der Waals surface area contributed by atoms with Gasteiger partial charge < -0.3 is 38.6 Å². The molecule has 0 saturated heterocycles. The quantitative estimate of drug-likeness (QED) is 0.219. The lowest BCUT2D eigenvalue weighted by Crippen LogP contribution is -2.29. The second-order valence-corrected chi connectivity index (χ2v) is 9.40. The van der Waals surface area contributed by atoms with Gasteiger partial charge in [-0.1, -0.05) is 0 Å². The molecule has 0 spiro atoms. The average Bonchev–Trinajstić information content (AvgIpc) is 3.66. The van der Waals surface area contributed by atoms with Gasteiger partial charge in [-0.15, -0.1) is 11.6 Å². The number of rotatable bonds is 7. The van der Waals surface area contributed by atoms with Crippen molar-refractivity contribution in [3.63, 3.8) is 0 Å². The number of aromatic amines is 2. The number of carbonyl (C=O) groups excluding carboxylic acids is 2. The van der Waals surface area contributed by atoms with Crippen LogP contribution in [0.2, 0.25) is 0 Å². The van der Waals surface area contributed by atoms with Gasteiger partial charge in [0, 0.05) is 35.5 Å². The highest BCUT2D eigenvalue weighted by Gasteiger charge is 2.33. The molecule has 1 aliphatic heterocycles. The maximum Gasteiger partial charge on any atom is 0.340 e. The first kappa shape index (κ1) is 28.9. The number of esters is 1. The summed E-state index contributed by atoms with van der Waals surface area (Å²) in [6.45, 7) is 6.13. The SMILES string of the molecule is CCl.COC(=O)c1c(C)[nH]c2c(OC(C)C)cc3c(c12)CCN3C(=O)c1cc2cc(OC)c(OC)c(OC)c2[nH]1. The van der Waals surface area contributed by atoms with Crippen LogP contribution in [0.25, 0.3) is 21.8 Å². The number of anilines is 1. The number of fused-ring (bicyclic) bond motifs is 4. The number of nitrogens with zero attached hydrogens (tertiary/aromatic N) is 1. The van der Waals surface area contributed by atoms with E-state index in [0.29, 0.717) is 64.1 Å². The van der Waals surface area contributed by atoms with Crippen LogP contribution in [0.5, 0.6) is 23.0 Å². The highest BCUT2D eigenvalue weighted by atomic mass is 35.5. The first-order valence-corrected chi connectivity index (χ1v) is 13.4. The van der Waals surface area contributed by atoms with Crippen LogP contribution in [-0.2, 0) is 11.2 Å². The molecule has 0 radical (unpaired) electrons. The Hall–Kier alpha value is -4.05. The molecule has 40 heavy (non-hydrogen) atoms. The van der Waals surface area contributed by atoms with Crippen molar-refractivity contribution in [1.29, 1.82) is 0 Å². The topological polar surface area (TPSA) is 115 Å². The summed E-state index contributed by atoms with van der Waals surface area (Å²) in [6.07, 6.45) is 1.93. The van der Waals surface area contributed by atoms with Crippen LogP contribution in [0.4, 0.5) is 5.69 Å². The van der Waals surface area contributed by atoms with E-state index in [1.165, 1.54) is 27.7 Å². The summed E-state index contributed by atoms with van der Waals surface area (Å²) in [7, 11) is 5.98. The van der Waals surface area contributed by atoms with E-state index < -0.39 is 5.97 Å². The van der Waals surface area contributed by atoms with E-state index in [4.69, 9.17) is 23.7 Å². The minimum absolute atomic E-state index is 0.113. The Morgan fingerprint density at radius 2 is 1.62 bits per heavy atom. The highest BCUT2D eigenvalue weighted by molar-refractivity contribution is 6.15. The van der Waals surface area contributed by atoms with Gasteiger partial charge in [-0.2, -0.15) is 0 Å². The zero-order valence-electron chi connectivity index (χ0n) is 23.9. The van der Waals surface area contributed by atoms with Crippen LogP contribution in [-0.4, -0.2) is 69.3 Å². The zero-order chi connectivity index (χ0) is 29.3. The summed E-state index contributed by atoms with van der Waals surface area (Å²) in [4.78, 5) is 34.9. The Morgan fingerprint density at radius 3 is 2.23 bits per heavy atom. The van der Waals surface area contributed by atoms with Gasteiger partial charge in [0.2, 0.25) is 5.75 Å². The summed E-state index contributed by atoms with van der Waals surface area (Å²) >= 11 is 4.64. The highest BCUT2D eigenvalue weighted by Crippen LogP contribution is 2.45. The molecule has 4 aromatic rings. The minimum atomic E-state index is -0.437. The van der Waals surface area contributed by atoms with Crippen LogP contribution in [0.3, 0.4) is 0 Å². The van der Waals surface area contributed by atoms with E-state index in [-0.39, 0.29) is 12.0 Å². The van der Waals surface area contributed by atoms with Crippen LogP contribution < -0.4 is 23.8 Å². The van der Waals surface area contributed by atoms with Crippen molar-refractivity contribution >= 4 is 51.0 Å². The third-order valence-corrected chi connectivity index (χ3v) is 6.84. The van der Waals surface area contributed by atoms with Crippen molar-refractivity contribution in [1.82, 2.24) is 9.97 Å². The van der Waals surface area contributed by atoms with Crippen molar-refractivity contribution in [2.45, 2.75) is 33.3 Å². The molecule has 0 saturated carbocycles. The number of benzene rings is 2. The Labute approximate surface area is 237 Å². The van der Waals surface area contributed by atoms with Crippen LogP contribution in [0.1, 0.15) is 46.0 Å². The maximum absolute atomic E-state index is 13.9. The number of methoxy groups -OCH3 is 4. The molecule has 0 atom stereocenters. The summed E-state index contributed by atoms with van der Waals surface area (Å²) in [5, 5.41) is 1.47. The zero-order valence-corrected chi connectivity index (χ0v) is 24.7. The molecule has 2 aromatic heterocycles. The predicted octanol–water partition coefficient (Wildman–Crippen LogP) is 5.62. The molecule has 2 N–H and O–H groups in total. The molecule has 10 nitrogen and oxygen atoms in total. The predicted molar refractivity (Wildman–Crippen MR) is 155 cm³/mol. The molecular formula is C29H34ClN3O7. The van der Waals surface area contributed by atoms with Gasteiger partial charge in [-0.25, -0.2) is 4.79 Å². The van der Waals surface area contributed by atoms with Gasteiger partial charge >= 0.3 is 5.97 Å². The largest absolute Gasteiger partial charge is 0.493 e. The molecule has 0 bridgehead atoms. The molecule has 0 aliphatic carbocycles. The molecule has 1 aliphatic rings. The van der Waals surface area contributed by atoms with Crippen molar-refractivity contribution in [3.8, 4) is 23.0 Å². The number of amides is 1. The first-order chi connectivity index (χ1) is 19.2. The van der Waals surface area contributed by atoms with Crippen LogP contribution in [0, 0.1) is 6.92 Å². The van der Waals surface area contributed by atoms with Crippen LogP contribution >= 0.6 is 11.6 Å². The van der Waals surface area contributed by atoms with E-state index >= 15 is 0 Å². The number of H-pyrrole nitrogens is 2. The fourth-order valence-corrected chi connectivity index (χ4v) is 5.28. The van der Waals surface area contributed by atoms with E-state index in [1.807, 2.05) is 26.8 Å². The Morgan fingerprint density at radius 1 is 0.925 bits per heavy atom. The van der Waals surface area contributed by atoms with E-state index in [0.717, 1.165) is 21.9 Å². The summed E-state index contributed by atoms with van der Waals surface area (Å²) < 4.78 is 27.8. The van der Waals surface area contributed by atoms with Crippen molar-refractivity contribution in [2.24, 2.45) is 0 Å². The number of halogens is 1. The van der Waals surface area contributed by atoms with Crippen molar-refractivity contribution < 1.29 is 33.3 Å². The number of alkyl halides is 1. The number of aryl methyl sites for hydroxylation is 1. The lowest BCUT2D eigenvalue weighted by molar-refractivity contribution is 0.0602. The minimum Gasteiger partial charge on any atom is -0.493 e. The second-order valence-electron chi connectivity index (χ2n) is 9.40. The summed E-state index contributed by atoms with van der Waals surface area (Å²) in [6, 6.07) is 5.44. The third-order valence-electron chi connectivity index (χ3n) is 6.84. The van der Waals surface area contributed by atoms with Gasteiger partial charge in [0.15, 0.2) is 11.5 Å². The fourth-order valence-electron chi connectivity index (χ4n) is 5.28. The average molecular weight is 572 g/mol. The monoisotopic (exact) mass is 571 g/mol. The molecular weight excluding hydrogens is 538 g/mol. The number of aromatic nitrogens is 2. The first-order valence-electron chi connectivity index (χ1n) is 12.7. The molecule has 2 aromatic carbocycles. The third kappa shape index (κ3) is 4.66. The lowest BCUT2D eigenvalue weighted by Gasteiger charge is -2.19. The van der Waals surface area contributed by atoms with E-state index in [9.17, 15) is 9.59 Å². The summed E-state index contributed by atoms with van der Waals surface area (Å²) in [5.41, 5.74) is 4.46. The molecule has 3 heterocycles. The smallest absolute Gasteiger partial charge is 0.340 e. The van der Waals surface area contributed by atoms with E-state index in [2.05, 4.69) is 21.6 Å². The number of carbonyl (C=O) groups is 2. The van der Waals surface area contributed by atoms with E-state index in [1.54, 1.807) is 24.1 Å². The number of hydrogen-bond donors (Lipinski definition) is 2. The Balaban J connectivity index is 0.00000181. The molecule has 1 amide bonds. The van der Waals surface area contributed by atoms with Gasteiger partial charge in [-0.05, 0) is 44.9 Å². The Kier molecular flexibility index (Phi) is 8.39. The normalized spacial score (nSPS) is 12.3. The molecule has 0 unspecified atom stereocenters. The van der Waals surface area contributed by atoms with Crippen molar-refractivity contribution in [2.75, 3.05) is 46.3 Å². The fraction of sp³-hybridized carbons (Fsp3) is 0.379. The standard InChI is InChI=1S/C28H31N3O7.CH3Cl/c1-13(2)38-19-12-18-16(22-21(28(33)37-7)14(3)29-24(19)22)8-9-31(18)27(32)17-10-15-11-20(34-4)25(35-5)26(36-6)23(15)30-17;1-2/h10-13,29-30H,8-9H2,1-7H3;1H3. The van der Waals surface area contributed by atoms with Gasteiger partial charge in [0.25, 0.3) is 5.91 Å². The van der Waals surface area contributed by atoms with Crippen LogP contribution in [0.15, 0.2) is 18.2 Å². The number of ether oxygens (including phenoxy) is 5. The van der Waals surface area contributed by atoms with Crippen molar-refractivity contribution in [3.05, 3.63) is 40.7 Å². The lowest BCUT2D eigenvalue weighted by atomic mass is 10.0. The maximum atomic E-state index is 13.9. The van der Waals surface area contributed by atoms with Gasteiger partial charge in [0.05, 0.1) is 56.8 Å². The second kappa shape index (κ2) is 11.6. The molecule has 11 heteroatoms. The number of hydrogen-bond acceptors (Lipinski definition) is 7. The van der Waals surface area contributed by atoms with Gasteiger partial charge in [-0.3, -0.25) is 4.79 Å². The van der Waals surface area contributed by atoms with Gasteiger partial charge in [0.1, 0.15) is 11.4 Å². The summed E-state index contributed by atoms with van der Waals surface area (Å²) in [5.74, 6) is 1.29. The molecule has 5 rings (SSSR count). The Bertz CT molecular complexity index is 1590.